The number of thiophene rings is 1. The molecule has 0 radical (unpaired) electrons. The molecule has 0 fully saturated rings. The van der Waals surface area contributed by atoms with Gasteiger partial charge in [0.15, 0.2) is 0 Å². The van der Waals surface area contributed by atoms with Crippen molar-refractivity contribution in [2.24, 2.45) is 0 Å². The molecule has 0 aliphatic rings. The van der Waals surface area contributed by atoms with Crippen LogP contribution in [0.4, 0.5) is 11.4 Å². The van der Waals surface area contributed by atoms with Gasteiger partial charge in [0.25, 0.3) is 0 Å². The summed E-state index contributed by atoms with van der Waals surface area (Å²) >= 11 is 5.05. The van der Waals surface area contributed by atoms with E-state index in [1.807, 2.05) is 35.7 Å². The summed E-state index contributed by atoms with van der Waals surface area (Å²) in [6, 6.07) is 9.34. The minimum atomic E-state index is -0.411. The summed E-state index contributed by atoms with van der Waals surface area (Å²) in [5.74, 6) is 0. The number of aromatic nitrogens is 1. The maximum Gasteiger partial charge on any atom is 0.311 e. The number of pyridine rings is 1. The zero-order chi connectivity index (χ0) is 14.8. The molecule has 7 heteroatoms. The summed E-state index contributed by atoms with van der Waals surface area (Å²) in [4.78, 5) is 16.0. The zero-order valence-electron chi connectivity index (χ0n) is 10.7. The average Bonchev–Trinajstić information content (AvgIpc) is 2.89. The van der Waals surface area contributed by atoms with Crippen LogP contribution in [0.3, 0.4) is 0 Å². The fourth-order valence-electron chi connectivity index (χ4n) is 2.07. The molecule has 5 nitrogen and oxygen atoms in total. The fraction of sp³-hybridized carbons (Fsp3) is 0.0714. The van der Waals surface area contributed by atoms with Gasteiger partial charge < -0.3 is 5.32 Å². The summed E-state index contributed by atoms with van der Waals surface area (Å²) in [6.45, 7) is 0.521. The predicted molar refractivity (Wildman–Crippen MR) is 87.7 cm³/mol. The third-order valence-corrected chi connectivity index (χ3v) is 5.00. The second-order valence-electron chi connectivity index (χ2n) is 4.34. The lowest BCUT2D eigenvalue weighted by molar-refractivity contribution is -0.384. The molecular weight excluding hydrogens is 354 g/mol. The van der Waals surface area contributed by atoms with E-state index < -0.39 is 4.92 Å². The number of hydrogen-bond acceptors (Lipinski definition) is 5. The van der Waals surface area contributed by atoms with Crippen LogP contribution in [0.1, 0.15) is 4.88 Å². The number of para-hydroxylation sites is 1. The summed E-state index contributed by atoms with van der Waals surface area (Å²) in [5, 5.41) is 17.1. The van der Waals surface area contributed by atoms with Crippen LogP contribution in [0.5, 0.6) is 0 Å². The van der Waals surface area contributed by atoms with E-state index in [1.54, 1.807) is 11.3 Å². The second kappa shape index (κ2) is 5.79. The highest BCUT2D eigenvalue weighted by Gasteiger charge is 2.18. The number of nitrogens with zero attached hydrogens (tertiary/aromatic N) is 2. The maximum atomic E-state index is 11.2. The van der Waals surface area contributed by atoms with Gasteiger partial charge in [-0.2, -0.15) is 0 Å². The van der Waals surface area contributed by atoms with Crippen molar-refractivity contribution in [1.82, 2.24) is 4.98 Å². The van der Waals surface area contributed by atoms with Gasteiger partial charge in [0, 0.05) is 14.7 Å². The van der Waals surface area contributed by atoms with E-state index in [0.717, 1.165) is 20.3 Å². The smallest absolute Gasteiger partial charge is 0.311 e. The van der Waals surface area contributed by atoms with Crippen molar-refractivity contribution >= 4 is 49.5 Å². The highest BCUT2D eigenvalue weighted by molar-refractivity contribution is 9.10. The standard InChI is InChI=1S/C14H10BrN3O2S/c15-10-5-6-21-13(10)8-17-14-9-3-1-2-4-11(9)16-7-12(14)18(19)20/h1-7H,8H2,(H,16,17). The molecule has 3 aromatic rings. The molecule has 0 bridgehead atoms. The molecule has 1 N–H and O–H groups in total. The lowest BCUT2D eigenvalue weighted by atomic mass is 10.1. The van der Waals surface area contributed by atoms with E-state index in [9.17, 15) is 10.1 Å². The van der Waals surface area contributed by atoms with Crippen molar-refractivity contribution in [2.75, 3.05) is 5.32 Å². The Morgan fingerprint density at radius 3 is 2.86 bits per heavy atom. The van der Waals surface area contributed by atoms with Crippen molar-refractivity contribution in [3.8, 4) is 0 Å². The first-order valence-electron chi connectivity index (χ1n) is 6.14. The first-order chi connectivity index (χ1) is 10.2. The molecule has 0 aliphatic heterocycles. The largest absolute Gasteiger partial charge is 0.374 e. The quantitative estimate of drug-likeness (QED) is 0.544. The molecule has 1 aromatic carbocycles. The summed E-state index contributed by atoms with van der Waals surface area (Å²) < 4.78 is 1.00. The van der Waals surface area contributed by atoms with Crippen LogP contribution in [0.2, 0.25) is 0 Å². The molecule has 0 aliphatic carbocycles. The van der Waals surface area contributed by atoms with Gasteiger partial charge in [-0.15, -0.1) is 11.3 Å². The Bertz CT molecular complexity index is 819. The van der Waals surface area contributed by atoms with Crippen LogP contribution in [0.25, 0.3) is 10.9 Å². The molecule has 2 heterocycles. The SMILES string of the molecule is O=[N+]([O-])c1cnc2ccccc2c1NCc1sccc1Br. The normalized spacial score (nSPS) is 10.7. The van der Waals surface area contributed by atoms with Gasteiger partial charge in [0.2, 0.25) is 0 Å². The average molecular weight is 364 g/mol. The molecule has 0 saturated carbocycles. The van der Waals surface area contributed by atoms with Gasteiger partial charge in [-0.25, -0.2) is 4.98 Å². The van der Waals surface area contributed by atoms with Crippen molar-refractivity contribution in [1.29, 1.82) is 0 Å². The van der Waals surface area contributed by atoms with Crippen molar-refractivity contribution < 1.29 is 4.92 Å². The topological polar surface area (TPSA) is 68.1 Å². The monoisotopic (exact) mass is 363 g/mol. The molecule has 0 atom stereocenters. The molecule has 21 heavy (non-hydrogen) atoms. The van der Waals surface area contributed by atoms with E-state index in [4.69, 9.17) is 0 Å². The lowest BCUT2D eigenvalue weighted by Gasteiger charge is -2.09. The Morgan fingerprint density at radius 1 is 1.33 bits per heavy atom. The number of rotatable bonds is 4. The third-order valence-electron chi connectivity index (χ3n) is 3.07. The summed E-state index contributed by atoms with van der Waals surface area (Å²) in [7, 11) is 0. The Balaban J connectivity index is 2.04. The number of benzene rings is 1. The van der Waals surface area contributed by atoms with Crippen LogP contribution < -0.4 is 5.32 Å². The van der Waals surface area contributed by atoms with Crippen LogP contribution in [-0.4, -0.2) is 9.91 Å². The predicted octanol–water partition coefficient (Wildman–Crippen LogP) is 4.58. The fourth-order valence-corrected chi connectivity index (χ4v) is 3.51. The van der Waals surface area contributed by atoms with Gasteiger partial charge in [0.1, 0.15) is 11.9 Å². The maximum absolute atomic E-state index is 11.2. The number of anilines is 1. The Morgan fingerprint density at radius 2 is 2.14 bits per heavy atom. The van der Waals surface area contributed by atoms with Gasteiger partial charge in [0.05, 0.1) is 17.0 Å². The first kappa shape index (κ1) is 14.0. The number of nitrogens with one attached hydrogen (secondary N) is 1. The van der Waals surface area contributed by atoms with Crippen LogP contribution >= 0.6 is 27.3 Å². The van der Waals surface area contributed by atoms with E-state index >= 15 is 0 Å². The summed E-state index contributed by atoms with van der Waals surface area (Å²) in [5.41, 5.74) is 1.23. The molecule has 0 saturated heterocycles. The van der Waals surface area contributed by atoms with E-state index in [0.29, 0.717) is 12.2 Å². The molecule has 0 amide bonds. The number of nitro groups is 1. The molecule has 0 unspecified atom stereocenters. The lowest BCUT2D eigenvalue weighted by Crippen LogP contribution is -2.03. The van der Waals surface area contributed by atoms with E-state index in [1.165, 1.54) is 6.20 Å². The molecule has 0 spiro atoms. The van der Waals surface area contributed by atoms with Crippen molar-refractivity contribution in [2.45, 2.75) is 6.54 Å². The van der Waals surface area contributed by atoms with Crippen LogP contribution in [-0.2, 0) is 6.54 Å². The van der Waals surface area contributed by atoms with Crippen LogP contribution in [0, 0.1) is 10.1 Å². The molecular formula is C14H10BrN3O2S. The van der Waals surface area contributed by atoms with E-state index in [2.05, 4.69) is 26.2 Å². The molecule has 2 aromatic heterocycles. The van der Waals surface area contributed by atoms with Crippen molar-refractivity contribution in [3.63, 3.8) is 0 Å². The van der Waals surface area contributed by atoms with Crippen molar-refractivity contribution in [3.05, 3.63) is 61.4 Å². The molecule has 3 rings (SSSR count). The zero-order valence-corrected chi connectivity index (χ0v) is 13.1. The van der Waals surface area contributed by atoms with E-state index in [-0.39, 0.29) is 5.69 Å². The second-order valence-corrected chi connectivity index (χ2v) is 6.19. The minimum absolute atomic E-state index is 0.0126. The van der Waals surface area contributed by atoms with Gasteiger partial charge in [-0.1, -0.05) is 18.2 Å². The molecule has 106 valence electrons. The minimum Gasteiger partial charge on any atom is -0.374 e. The Labute approximate surface area is 132 Å². The number of halogens is 1. The van der Waals surface area contributed by atoms with Crippen LogP contribution in [0.15, 0.2) is 46.4 Å². The highest BCUT2D eigenvalue weighted by atomic mass is 79.9. The van der Waals surface area contributed by atoms with Gasteiger partial charge >= 0.3 is 5.69 Å². The Hall–Kier alpha value is -1.99. The van der Waals surface area contributed by atoms with Gasteiger partial charge in [-0.3, -0.25) is 10.1 Å². The third kappa shape index (κ3) is 2.74. The first-order valence-corrected chi connectivity index (χ1v) is 7.82. The Kier molecular flexibility index (Phi) is 3.85. The number of hydrogen-bond donors (Lipinski definition) is 1. The summed E-state index contributed by atoms with van der Waals surface area (Å²) in [6.07, 6.45) is 1.30. The number of fused-ring (bicyclic) bond motifs is 1. The van der Waals surface area contributed by atoms with Gasteiger partial charge in [-0.05, 0) is 33.4 Å². The highest BCUT2D eigenvalue weighted by Crippen LogP contribution is 2.32.